The van der Waals surface area contributed by atoms with Gasteiger partial charge >= 0.3 is 5.97 Å². The van der Waals surface area contributed by atoms with Crippen molar-refractivity contribution in [3.63, 3.8) is 0 Å². The maximum atomic E-state index is 12.8. The van der Waals surface area contributed by atoms with Gasteiger partial charge < -0.3 is 15.2 Å². The molecule has 1 heterocycles. The summed E-state index contributed by atoms with van der Waals surface area (Å²) in [7, 11) is 0. The Balaban J connectivity index is 1.90. The van der Waals surface area contributed by atoms with Gasteiger partial charge in [0.15, 0.2) is 5.60 Å². The van der Waals surface area contributed by atoms with Gasteiger partial charge in [-0.25, -0.2) is 4.79 Å². The van der Waals surface area contributed by atoms with Crippen molar-refractivity contribution in [1.82, 2.24) is 0 Å². The molecule has 0 radical (unpaired) electrons. The highest BCUT2D eigenvalue weighted by Gasteiger charge is 2.41. The van der Waals surface area contributed by atoms with Crippen LogP contribution in [0.4, 0.5) is 11.4 Å². The predicted octanol–water partition coefficient (Wildman–Crippen LogP) is 3.83. The van der Waals surface area contributed by atoms with Crippen LogP contribution < -0.4 is 15.0 Å². The van der Waals surface area contributed by atoms with Gasteiger partial charge in [-0.2, -0.15) is 0 Å². The number of carboxylic acids is 1. The normalized spacial score (nSPS) is 14.9. The minimum Gasteiger partial charge on any atom is -0.478 e. The molecule has 0 aliphatic carbocycles. The van der Waals surface area contributed by atoms with Gasteiger partial charge in [-0.05, 0) is 50.2 Å². The molecule has 1 aliphatic rings. The molecule has 0 saturated carbocycles. The number of hydrogen-bond acceptors (Lipinski definition) is 4. The van der Waals surface area contributed by atoms with Crippen LogP contribution in [0.1, 0.15) is 24.2 Å². The molecule has 2 aromatic carbocycles. The van der Waals surface area contributed by atoms with Crippen molar-refractivity contribution >= 4 is 52.4 Å². The van der Waals surface area contributed by atoms with E-state index in [1.807, 2.05) is 0 Å². The molecule has 0 saturated heterocycles. The molecule has 2 amide bonds. The largest absolute Gasteiger partial charge is 0.478 e. The number of nitrogens with zero attached hydrogens (tertiary/aromatic N) is 1. The Labute approximate surface area is 170 Å². The maximum absolute atomic E-state index is 12.8. The summed E-state index contributed by atoms with van der Waals surface area (Å²) in [6.45, 7) is 2.82. The Morgan fingerprint density at radius 3 is 2.50 bits per heavy atom. The molecular weight excluding hydrogens is 407 g/mol. The van der Waals surface area contributed by atoms with E-state index in [2.05, 4.69) is 5.32 Å². The molecule has 28 heavy (non-hydrogen) atoms. The number of nitrogens with one attached hydrogen (secondary N) is 1. The summed E-state index contributed by atoms with van der Waals surface area (Å²) in [5.74, 6) is -1.79. The Morgan fingerprint density at radius 1 is 1.14 bits per heavy atom. The fourth-order valence-corrected chi connectivity index (χ4v) is 3.07. The number of hydrogen-bond donors (Lipinski definition) is 2. The summed E-state index contributed by atoms with van der Waals surface area (Å²) in [6.07, 6.45) is 0. The standard InChI is InChI=1S/C19H16Cl2N2O5/c1-19(2)18(27)23(14-7-10(17(25)26)3-6-15(14)28-19)9-16(24)22-11-4-5-12(20)13(21)8-11/h3-8H,9H2,1-2H3,(H,22,24)(H,25,26). The molecule has 1 aliphatic heterocycles. The fraction of sp³-hybridized carbons (Fsp3) is 0.211. The van der Waals surface area contributed by atoms with E-state index in [1.54, 1.807) is 19.9 Å². The lowest BCUT2D eigenvalue weighted by atomic mass is 10.0. The van der Waals surface area contributed by atoms with E-state index in [4.69, 9.17) is 27.9 Å². The van der Waals surface area contributed by atoms with Crippen LogP contribution in [0.15, 0.2) is 36.4 Å². The molecule has 7 nitrogen and oxygen atoms in total. The van der Waals surface area contributed by atoms with Gasteiger partial charge in [-0.1, -0.05) is 23.2 Å². The third-order valence-electron chi connectivity index (χ3n) is 4.13. The summed E-state index contributed by atoms with van der Waals surface area (Å²) < 4.78 is 5.68. The smallest absolute Gasteiger partial charge is 0.335 e. The molecule has 2 N–H and O–H groups in total. The number of amides is 2. The third kappa shape index (κ3) is 3.90. The van der Waals surface area contributed by atoms with Crippen molar-refractivity contribution in [2.24, 2.45) is 0 Å². The lowest BCUT2D eigenvalue weighted by Crippen LogP contribution is -2.54. The molecule has 0 spiro atoms. The Morgan fingerprint density at radius 2 is 1.86 bits per heavy atom. The minimum atomic E-state index is -1.21. The minimum absolute atomic E-state index is 0.0234. The second-order valence-electron chi connectivity index (χ2n) is 6.67. The first-order valence-electron chi connectivity index (χ1n) is 8.22. The molecule has 9 heteroatoms. The van der Waals surface area contributed by atoms with Crippen LogP contribution in [0.25, 0.3) is 0 Å². The molecule has 0 unspecified atom stereocenters. The van der Waals surface area contributed by atoms with Crippen molar-refractivity contribution in [2.75, 3.05) is 16.8 Å². The monoisotopic (exact) mass is 422 g/mol. The molecule has 0 bridgehead atoms. The predicted molar refractivity (Wildman–Crippen MR) is 106 cm³/mol. The van der Waals surface area contributed by atoms with Crippen molar-refractivity contribution in [3.05, 3.63) is 52.0 Å². The number of carboxylic acid groups (broad SMARTS) is 1. The topological polar surface area (TPSA) is 95.9 Å². The van der Waals surface area contributed by atoms with Crippen molar-refractivity contribution in [1.29, 1.82) is 0 Å². The zero-order chi connectivity index (χ0) is 20.6. The van der Waals surface area contributed by atoms with E-state index < -0.39 is 23.4 Å². The number of aromatic carboxylic acids is 1. The Hall–Kier alpha value is -2.77. The van der Waals surface area contributed by atoms with Crippen LogP contribution >= 0.6 is 23.2 Å². The van der Waals surface area contributed by atoms with Gasteiger partial charge in [0.25, 0.3) is 5.91 Å². The molecule has 3 rings (SSSR count). The number of carbonyl (C=O) groups is 3. The molecule has 0 atom stereocenters. The number of rotatable bonds is 4. The zero-order valence-corrected chi connectivity index (χ0v) is 16.5. The van der Waals surface area contributed by atoms with Crippen LogP contribution in [0, 0.1) is 0 Å². The number of halogens is 2. The first-order chi connectivity index (χ1) is 13.1. The summed E-state index contributed by atoms with van der Waals surface area (Å²) in [6, 6.07) is 8.75. The van der Waals surface area contributed by atoms with Gasteiger partial charge in [-0.15, -0.1) is 0 Å². The summed E-state index contributed by atoms with van der Waals surface area (Å²) >= 11 is 11.8. The highest BCUT2D eigenvalue weighted by atomic mass is 35.5. The summed E-state index contributed by atoms with van der Waals surface area (Å²) in [5, 5.41) is 12.5. The van der Waals surface area contributed by atoms with Gasteiger partial charge in [0.1, 0.15) is 12.3 Å². The second-order valence-corrected chi connectivity index (χ2v) is 7.48. The van der Waals surface area contributed by atoms with E-state index in [1.165, 1.54) is 35.2 Å². The van der Waals surface area contributed by atoms with Crippen molar-refractivity contribution < 1.29 is 24.2 Å². The van der Waals surface area contributed by atoms with E-state index in [0.29, 0.717) is 16.5 Å². The molecule has 2 aromatic rings. The molecule has 146 valence electrons. The highest BCUT2D eigenvalue weighted by molar-refractivity contribution is 6.42. The Bertz CT molecular complexity index is 990. The average molecular weight is 423 g/mol. The van der Waals surface area contributed by atoms with Crippen LogP contribution in [0.3, 0.4) is 0 Å². The Kier molecular flexibility index (Phi) is 5.23. The number of benzene rings is 2. The van der Waals surface area contributed by atoms with Crippen molar-refractivity contribution in [2.45, 2.75) is 19.4 Å². The van der Waals surface area contributed by atoms with Crippen molar-refractivity contribution in [3.8, 4) is 5.75 Å². The number of fused-ring (bicyclic) bond motifs is 1. The first kappa shape index (κ1) is 20.0. The maximum Gasteiger partial charge on any atom is 0.335 e. The molecular formula is C19H16Cl2N2O5. The quantitative estimate of drug-likeness (QED) is 0.779. The first-order valence-corrected chi connectivity index (χ1v) is 8.97. The zero-order valence-electron chi connectivity index (χ0n) is 15.0. The summed E-state index contributed by atoms with van der Waals surface area (Å²) in [5.41, 5.74) is -0.598. The van der Waals surface area contributed by atoms with Crippen LogP contribution in [0.5, 0.6) is 5.75 Å². The van der Waals surface area contributed by atoms with Gasteiger partial charge in [0.05, 0.1) is 21.3 Å². The fourth-order valence-electron chi connectivity index (χ4n) is 2.78. The van der Waals surface area contributed by atoms with E-state index in [9.17, 15) is 19.5 Å². The SMILES string of the molecule is CC1(C)Oc2ccc(C(=O)O)cc2N(CC(=O)Nc2ccc(Cl)c(Cl)c2)C1=O. The van der Waals surface area contributed by atoms with Crippen LogP contribution in [0.2, 0.25) is 10.0 Å². The lowest BCUT2D eigenvalue weighted by molar-refractivity contribution is -0.133. The van der Waals surface area contributed by atoms with Crippen LogP contribution in [-0.2, 0) is 9.59 Å². The number of ether oxygens (including phenoxy) is 1. The number of carbonyl (C=O) groups excluding carboxylic acids is 2. The van der Waals surface area contributed by atoms with Crippen LogP contribution in [-0.4, -0.2) is 35.0 Å². The second kappa shape index (κ2) is 7.33. The van der Waals surface area contributed by atoms with Gasteiger partial charge in [0, 0.05) is 5.69 Å². The molecule has 0 fully saturated rings. The van der Waals surface area contributed by atoms with E-state index in [-0.39, 0.29) is 22.8 Å². The van der Waals surface area contributed by atoms with Gasteiger partial charge in [-0.3, -0.25) is 14.5 Å². The highest BCUT2D eigenvalue weighted by Crippen LogP contribution is 2.38. The van der Waals surface area contributed by atoms with Gasteiger partial charge in [0.2, 0.25) is 5.91 Å². The number of anilines is 2. The van der Waals surface area contributed by atoms with E-state index in [0.717, 1.165) is 0 Å². The summed E-state index contributed by atoms with van der Waals surface area (Å²) in [4.78, 5) is 37.8. The van der Waals surface area contributed by atoms with E-state index >= 15 is 0 Å². The third-order valence-corrected chi connectivity index (χ3v) is 4.87. The lowest BCUT2D eigenvalue weighted by Gasteiger charge is -2.38. The average Bonchev–Trinajstić information content (AvgIpc) is 2.61. The molecule has 0 aromatic heterocycles.